The van der Waals surface area contributed by atoms with E-state index in [1.807, 2.05) is 0 Å². The molecule has 0 N–H and O–H groups in total. The number of halogens is 1. The smallest absolute Gasteiger partial charge is 0.410 e. The third-order valence-corrected chi connectivity index (χ3v) is 5.04. The van der Waals surface area contributed by atoms with E-state index < -0.39 is 18.1 Å². The summed E-state index contributed by atoms with van der Waals surface area (Å²) in [6, 6.07) is 2.11. The lowest BCUT2D eigenvalue weighted by atomic mass is 10.0. The number of nitrogens with zero attached hydrogens (tertiary/aromatic N) is 3. The molecular weight excluding hydrogens is 390 g/mol. The Morgan fingerprint density at radius 2 is 2.04 bits per heavy atom. The van der Waals surface area contributed by atoms with Crippen molar-refractivity contribution in [2.45, 2.75) is 31.8 Å². The van der Waals surface area contributed by atoms with Crippen LogP contribution in [0.2, 0.25) is 5.15 Å². The molecule has 1 atom stereocenters. The molecule has 9 nitrogen and oxygen atoms in total. The Morgan fingerprint density at radius 1 is 1.32 bits per heavy atom. The first-order chi connectivity index (χ1) is 13.4. The Balaban J connectivity index is 1.65. The van der Waals surface area contributed by atoms with Crippen LogP contribution in [0.25, 0.3) is 0 Å². The molecule has 2 amide bonds. The number of carbonyl (C=O) groups is 3. The van der Waals surface area contributed by atoms with Crippen LogP contribution in [0, 0.1) is 0 Å². The van der Waals surface area contributed by atoms with Gasteiger partial charge in [-0.15, -0.1) is 0 Å². The molecule has 1 unspecified atom stereocenters. The van der Waals surface area contributed by atoms with E-state index in [9.17, 15) is 14.4 Å². The maximum atomic E-state index is 12.8. The molecule has 10 heteroatoms. The number of amides is 2. The van der Waals surface area contributed by atoms with E-state index in [4.69, 9.17) is 25.8 Å². The highest BCUT2D eigenvalue weighted by molar-refractivity contribution is 6.29. The number of hydrogen-bond donors (Lipinski definition) is 0. The fourth-order valence-electron chi connectivity index (χ4n) is 3.49. The number of hydrogen-bond acceptors (Lipinski definition) is 7. The molecule has 1 aromatic rings. The van der Waals surface area contributed by atoms with E-state index in [2.05, 4.69) is 4.98 Å². The zero-order chi connectivity index (χ0) is 20.3. The third-order valence-electron chi connectivity index (χ3n) is 4.84. The molecular formula is C18H22ClN3O6. The Bertz CT molecular complexity index is 766. The maximum absolute atomic E-state index is 12.8. The second kappa shape index (κ2) is 8.64. The van der Waals surface area contributed by atoms with Crippen LogP contribution in [0.4, 0.5) is 4.79 Å². The van der Waals surface area contributed by atoms with Crippen molar-refractivity contribution in [3.05, 3.63) is 22.8 Å². The molecule has 0 radical (unpaired) electrons. The van der Waals surface area contributed by atoms with Crippen LogP contribution >= 0.6 is 11.6 Å². The first-order valence-corrected chi connectivity index (χ1v) is 9.45. The second-order valence-electron chi connectivity index (χ2n) is 6.50. The van der Waals surface area contributed by atoms with Crippen LogP contribution < -0.4 is 4.74 Å². The van der Waals surface area contributed by atoms with Gasteiger partial charge in [-0.25, -0.2) is 14.6 Å². The van der Waals surface area contributed by atoms with E-state index in [0.717, 1.165) is 0 Å². The molecule has 0 aromatic carbocycles. The molecule has 0 saturated carbocycles. The number of piperidine rings is 1. The maximum Gasteiger partial charge on any atom is 0.410 e. The minimum atomic E-state index is -0.733. The van der Waals surface area contributed by atoms with Crippen molar-refractivity contribution in [1.82, 2.24) is 14.8 Å². The number of esters is 1. The largest absolute Gasteiger partial charge is 0.481 e. The van der Waals surface area contributed by atoms with Gasteiger partial charge in [-0.1, -0.05) is 11.6 Å². The number of ether oxygens (including phenoxy) is 3. The summed E-state index contributed by atoms with van der Waals surface area (Å²) in [5, 5.41) is 0.176. The van der Waals surface area contributed by atoms with Crippen LogP contribution in [0.5, 0.6) is 5.88 Å². The van der Waals surface area contributed by atoms with Crippen LogP contribution in [-0.4, -0.2) is 78.3 Å². The summed E-state index contributed by atoms with van der Waals surface area (Å²) in [5.74, 6) is -0.389. The predicted molar refractivity (Wildman–Crippen MR) is 98.3 cm³/mol. The Labute approximate surface area is 167 Å². The monoisotopic (exact) mass is 411 g/mol. The van der Waals surface area contributed by atoms with Crippen LogP contribution in [0.1, 0.15) is 30.1 Å². The summed E-state index contributed by atoms with van der Waals surface area (Å²) < 4.78 is 15.1. The van der Waals surface area contributed by atoms with Gasteiger partial charge in [0.25, 0.3) is 5.91 Å². The van der Waals surface area contributed by atoms with Gasteiger partial charge >= 0.3 is 12.1 Å². The van der Waals surface area contributed by atoms with Gasteiger partial charge in [0.1, 0.15) is 11.8 Å². The molecule has 2 aliphatic rings. The minimum absolute atomic E-state index is 0.00782. The summed E-state index contributed by atoms with van der Waals surface area (Å²) in [6.45, 7) is 2.81. The van der Waals surface area contributed by atoms with E-state index in [1.54, 1.807) is 11.8 Å². The lowest BCUT2D eigenvalue weighted by molar-refractivity contribution is -0.148. The molecule has 0 spiro atoms. The van der Waals surface area contributed by atoms with Crippen molar-refractivity contribution in [1.29, 1.82) is 0 Å². The molecule has 2 saturated heterocycles. The fourth-order valence-corrected chi connectivity index (χ4v) is 3.69. The molecule has 2 fully saturated rings. The highest BCUT2D eigenvalue weighted by atomic mass is 35.5. The highest BCUT2D eigenvalue weighted by Crippen LogP contribution is 2.26. The lowest BCUT2D eigenvalue weighted by Crippen LogP contribution is -2.52. The Morgan fingerprint density at radius 3 is 2.68 bits per heavy atom. The minimum Gasteiger partial charge on any atom is -0.481 e. The first-order valence-electron chi connectivity index (χ1n) is 9.07. The van der Waals surface area contributed by atoms with Crippen LogP contribution in [0.3, 0.4) is 0 Å². The average molecular weight is 412 g/mol. The van der Waals surface area contributed by atoms with Gasteiger partial charge in [-0.3, -0.25) is 9.69 Å². The predicted octanol–water partition coefficient (Wildman–Crippen LogP) is 1.73. The normalized spacial score (nSPS) is 20.1. The number of aromatic nitrogens is 1. The summed E-state index contributed by atoms with van der Waals surface area (Å²) in [7, 11) is 1.45. The topological polar surface area (TPSA) is 98.3 Å². The number of methoxy groups -OCH3 is 1. The number of pyridine rings is 1. The lowest BCUT2D eigenvalue weighted by Gasteiger charge is -2.37. The van der Waals surface area contributed by atoms with Crippen molar-refractivity contribution in [3.8, 4) is 5.88 Å². The van der Waals surface area contributed by atoms with Crippen molar-refractivity contribution in [2.75, 3.05) is 33.4 Å². The van der Waals surface area contributed by atoms with Crippen molar-refractivity contribution in [3.63, 3.8) is 0 Å². The van der Waals surface area contributed by atoms with E-state index in [0.29, 0.717) is 31.5 Å². The summed E-state index contributed by atoms with van der Waals surface area (Å²) >= 11 is 5.94. The van der Waals surface area contributed by atoms with Crippen molar-refractivity contribution < 1.29 is 28.6 Å². The zero-order valence-corrected chi connectivity index (χ0v) is 16.5. The highest BCUT2D eigenvalue weighted by Gasteiger charge is 2.44. The number of likely N-dealkylation sites (tertiary alicyclic amines) is 1. The number of rotatable bonds is 5. The molecule has 3 heterocycles. The fraction of sp³-hybridized carbons (Fsp3) is 0.556. The standard InChI is InChI=1S/C18H22ClN3O6/c1-3-27-17(24)13-10-28-18(25)22(13)12-4-6-21(7-5-12)16(23)11-8-14(19)20-15(9-11)26-2/h8-9,12-13H,3-7,10H2,1-2H3. The van der Waals surface area contributed by atoms with Crippen LogP contribution in [0.15, 0.2) is 12.1 Å². The first kappa shape index (κ1) is 20.2. The van der Waals surface area contributed by atoms with Gasteiger partial charge in [0.05, 0.1) is 13.7 Å². The third kappa shape index (κ3) is 4.14. The molecule has 1 aromatic heterocycles. The van der Waals surface area contributed by atoms with Gasteiger partial charge in [0.2, 0.25) is 5.88 Å². The van der Waals surface area contributed by atoms with Gasteiger partial charge in [0, 0.05) is 30.8 Å². The van der Waals surface area contributed by atoms with E-state index >= 15 is 0 Å². The van der Waals surface area contributed by atoms with Crippen molar-refractivity contribution >= 4 is 29.6 Å². The van der Waals surface area contributed by atoms with Gasteiger partial charge in [-0.2, -0.15) is 0 Å². The van der Waals surface area contributed by atoms with Crippen molar-refractivity contribution in [2.24, 2.45) is 0 Å². The van der Waals surface area contributed by atoms with Gasteiger partial charge < -0.3 is 19.1 Å². The number of carbonyl (C=O) groups excluding carboxylic acids is 3. The molecule has 152 valence electrons. The SMILES string of the molecule is CCOC(=O)C1COC(=O)N1C1CCN(C(=O)c2cc(Cl)nc(OC)c2)CC1. The second-order valence-corrected chi connectivity index (χ2v) is 6.88. The van der Waals surface area contributed by atoms with E-state index in [-0.39, 0.29) is 36.2 Å². The quantitative estimate of drug-likeness (QED) is 0.537. The Hall–Kier alpha value is -2.55. The zero-order valence-electron chi connectivity index (χ0n) is 15.7. The summed E-state index contributed by atoms with van der Waals surface area (Å²) in [4.78, 5) is 44.1. The van der Waals surface area contributed by atoms with Crippen LogP contribution in [-0.2, 0) is 14.3 Å². The molecule has 0 bridgehead atoms. The molecule has 0 aliphatic carbocycles. The number of cyclic esters (lactones) is 1. The molecule has 28 heavy (non-hydrogen) atoms. The molecule has 2 aliphatic heterocycles. The summed E-state index contributed by atoms with van der Waals surface area (Å²) in [5.41, 5.74) is 0.389. The van der Waals surface area contributed by atoms with Gasteiger partial charge in [0.15, 0.2) is 6.04 Å². The van der Waals surface area contributed by atoms with Gasteiger partial charge in [-0.05, 0) is 25.8 Å². The van der Waals surface area contributed by atoms with E-state index in [1.165, 1.54) is 24.1 Å². The molecule has 3 rings (SSSR count). The summed E-state index contributed by atoms with van der Waals surface area (Å²) in [6.07, 6.45) is 0.549. The Kier molecular flexibility index (Phi) is 6.23. The average Bonchev–Trinajstić information content (AvgIpc) is 3.08.